The van der Waals surface area contributed by atoms with Gasteiger partial charge in [0.05, 0.1) is 29.4 Å². The molecule has 8 heteroatoms. The molecule has 7 nitrogen and oxygen atoms in total. The van der Waals surface area contributed by atoms with E-state index in [4.69, 9.17) is 0 Å². The number of hydrogen-bond acceptors (Lipinski definition) is 5. The van der Waals surface area contributed by atoms with Crippen LogP contribution in [0.2, 0.25) is 0 Å². The van der Waals surface area contributed by atoms with Crippen molar-refractivity contribution in [1.29, 1.82) is 0 Å². The third kappa shape index (κ3) is 3.50. The fourth-order valence-electron chi connectivity index (χ4n) is 3.05. The zero-order chi connectivity index (χ0) is 20.6. The van der Waals surface area contributed by atoms with E-state index in [0.717, 1.165) is 17.5 Å². The van der Waals surface area contributed by atoms with Gasteiger partial charge in [0.1, 0.15) is 0 Å². The molecule has 0 saturated carbocycles. The summed E-state index contributed by atoms with van der Waals surface area (Å²) in [6, 6.07) is 17.9. The molecule has 4 aromatic rings. The third-order valence-corrected chi connectivity index (χ3v) is 5.91. The number of benzene rings is 2. The van der Waals surface area contributed by atoms with E-state index in [2.05, 4.69) is 10.1 Å². The average molecular weight is 406 g/mol. The number of carbonyl (C=O) groups is 1. The fraction of sp³-hybridized carbons (Fsp3) is 0.0952. The highest BCUT2D eigenvalue weighted by atomic mass is 32.2. The van der Waals surface area contributed by atoms with Gasteiger partial charge in [-0.1, -0.05) is 42.5 Å². The highest BCUT2D eigenvalue weighted by molar-refractivity contribution is 7.92. The number of carbonyl (C=O) groups excluding carboxylic acids is 1. The standard InChI is InChI=1S/C21H18N4O3S/c1-24(29(2,27)28)17-10-8-15(9-11-17)19-12-13-22-21-18(14-23-25(19)21)20(26)16-6-4-3-5-7-16/h3-14H,1-2H3. The summed E-state index contributed by atoms with van der Waals surface area (Å²) >= 11 is 0. The molecule has 0 aliphatic heterocycles. The molecule has 2 aromatic heterocycles. The molecule has 0 spiro atoms. The summed E-state index contributed by atoms with van der Waals surface area (Å²) in [4.78, 5) is 17.2. The van der Waals surface area contributed by atoms with Crippen molar-refractivity contribution in [2.45, 2.75) is 0 Å². The van der Waals surface area contributed by atoms with Gasteiger partial charge in [0.15, 0.2) is 11.4 Å². The molecule has 2 aromatic carbocycles. The molecule has 29 heavy (non-hydrogen) atoms. The Morgan fingerprint density at radius 1 is 1.00 bits per heavy atom. The molecule has 0 atom stereocenters. The molecule has 0 saturated heterocycles. The summed E-state index contributed by atoms with van der Waals surface area (Å²) < 4.78 is 26.3. The number of sulfonamides is 1. The maximum absolute atomic E-state index is 12.8. The first-order valence-electron chi connectivity index (χ1n) is 8.83. The van der Waals surface area contributed by atoms with Gasteiger partial charge in [-0.2, -0.15) is 5.10 Å². The second-order valence-electron chi connectivity index (χ2n) is 6.60. The van der Waals surface area contributed by atoms with E-state index in [1.165, 1.54) is 17.5 Å². The Kier molecular flexibility index (Phi) is 4.63. The van der Waals surface area contributed by atoms with E-state index in [1.54, 1.807) is 41.0 Å². The molecule has 2 heterocycles. The number of fused-ring (bicyclic) bond motifs is 1. The summed E-state index contributed by atoms with van der Waals surface area (Å²) in [5.41, 5.74) is 3.59. The van der Waals surface area contributed by atoms with Crippen molar-refractivity contribution in [2.75, 3.05) is 17.6 Å². The smallest absolute Gasteiger partial charge is 0.231 e. The van der Waals surface area contributed by atoms with Crippen molar-refractivity contribution >= 4 is 27.1 Å². The Morgan fingerprint density at radius 2 is 1.69 bits per heavy atom. The topological polar surface area (TPSA) is 84.6 Å². The monoisotopic (exact) mass is 406 g/mol. The first-order chi connectivity index (χ1) is 13.9. The van der Waals surface area contributed by atoms with Gasteiger partial charge in [0.2, 0.25) is 10.0 Å². The van der Waals surface area contributed by atoms with Gasteiger partial charge in [0, 0.05) is 24.4 Å². The largest absolute Gasteiger partial charge is 0.288 e. The fourth-order valence-corrected chi connectivity index (χ4v) is 3.55. The normalized spacial score (nSPS) is 11.5. The molecular weight excluding hydrogens is 388 g/mol. The van der Waals surface area contributed by atoms with E-state index in [0.29, 0.717) is 22.5 Å². The van der Waals surface area contributed by atoms with Crippen molar-refractivity contribution in [3.05, 3.63) is 84.2 Å². The summed E-state index contributed by atoms with van der Waals surface area (Å²) in [5, 5.41) is 4.37. The molecule has 0 N–H and O–H groups in total. The molecule has 0 unspecified atom stereocenters. The number of aromatic nitrogens is 3. The molecule has 0 aliphatic rings. The minimum Gasteiger partial charge on any atom is -0.288 e. The van der Waals surface area contributed by atoms with Crippen molar-refractivity contribution < 1.29 is 13.2 Å². The Morgan fingerprint density at radius 3 is 2.34 bits per heavy atom. The zero-order valence-electron chi connectivity index (χ0n) is 15.9. The average Bonchev–Trinajstić information content (AvgIpc) is 3.17. The van der Waals surface area contributed by atoms with Crippen LogP contribution in [-0.4, -0.2) is 42.1 Å². The van der Waals surface area contributed by atoms with E-state index >= 15 is 0 Å². The summed E-state index contributed by atoms with van der Waals surface area (Å²) in [6.45, 7) is 0. The van der Waals surface area contributed by atoms with Gasteiger partial charge in [-0.25, -0.2) is 17.9 Å². The molecule has 0 radical (unpaired) electrons. The van der Waals surface area contributed by atoms with Crippen LogP contribution < -0.4 is 4.31 Å². The molecule has 4 rings (SSSR count). The third-order valence-electron chi connectivity index (χ3n) is 4.71. The van der Waals surface area contributed by atoms with Crippen LogP contribution >= 0.6 is 0 Å². The second-order valence-corrected chi connectivity index (χ2v) is 8.61. The van der Waals surface area contributed by atoms with Crippen LogP contribution in [0.25, 0.3) is 16.9 Å². The number of anilines is 1. The van der Waals surface area contributed by atoms with Gasteiger partial charge in [-0.15, -0.1) is 0 Å². The lowest BCUT2D eigenvalue weighted by Gasteiger charge is -2.16. The van der Waals surface area contributed by atoms with E-state index in [-0.39, 0.29) is 5.78 Å². The van der Waals surface area contributed by atoms with Gasteiger partial charge in [-0.05, 0) is 18.2 Å². The number of hydrogen-bond donors (Lipinski definition) is 0. The minimum atomic E-state index is -3.33. The van der Waals surface area contributed by atoms with Crippen LogP contribution in [-0.2, 0) is 10.0 Å². The van der Waals surface area contributed by atoms with Crippen LogP contribution in [0.3, 0.4) is 0 Å². The highest BCUT2D eigenvalue weighted by Crippen LogP contribution is 2.25. The van der Waals surface area contributed by atoms with E-state index in [9.17, 15) is 13.2 Å². The maximum atomic E-state index is 12.8. The van der Waals surface area contributed by atoms with E-state index in [1.807, 2.05) is 30.3 Å². The predicted octanol–water partition coefficient (Wildman–Crippen LogP) is 3.02. The Hall–Kier alpha value is -3.52. The van der Waals surface area contributed by atoms with Crippen molar-refractivity contribution in [3.8, 4) is 11.3 Å². The maximum Gasteiger partial charge on any atom is 0.231 e. The second kappa shape index (κ2) is 7.14. The Labute approximate surface area is 168 Å². The predicted molar refractivity (Wildman–Crippen MR) is 112 cm³/mol. The van der Waals surface area contributed by atoms with Crippen LogP contribution in [0.1, 0.15) is 15.9 Å². The minimum absolute atomic E-state index is 0.143. The lowest BCUT2D eigenvalue weighted by atomic mass is 10.1. The Bertz CT molecular complexity index is 1300. The van der Waals surface area contributed by atoms with Gasteiger partial charge in [-0.3, -0.25) is 9.10 Å². The van der Waals surface area contributed by atoms with Crippen LogP contribution in [0.5, 0.6) is 0 Å². The van der Waals surface area contributed by atoms with Crippen molar-refractivity contribution in [1.82, 2.24) is 14.6 Å². The van der Waals surface area contributed by atoms with Crippen LogP contribution in [0.4, 0.5) is 5.69 Å². The first kappa shape index (κ1) is 18.8. The zero-order valence-corrected chi connectivity index (χ0v) is 16.7. The van der Waals surface area contributed by atoms with Crippen molar-refractivity contribution in [3.63, 3.8) is 0 Å². The molecule has 0 bridgehead atoms. The molecule has 0 fully saturated rings. The van der Waals surface area contributed by atoms with Gasteiger partial charge in [0.25, 0.3) is 0 Å². The highest BCUT2D eigenvalue weighted by Gasteiger charge is 2.18. The van der Waals surface area contributed by atoms with Crippen molar-refractivity contribution in [2.24, 2.45) is 0 Å². The van der Waals surface area contributed by atoms with Crippen LogP contribution in [0.15, 0.2) is 73.1 Å². The first-order valence-corrected chi connectivity index (χ1v) is 10.7. The van der Waals surface area contributed by atoms with Crippen LogP contribution in [0, 0.1) is 0 Å². The molecule has 0 aliphatic carbocycles. The quantitative estimate of drug-likeness (QED) is 0.476. The summed E-state index contributed by atoms with van der Waals surface area (Å²) in [7, 11) is -1.83. The lowest BCUT2D eigenvalue weighted by Crippen LogP contribution is -2.24. The van der Waals surface area contributed by atoms with Gasteiger partial charge < -0.3 is 0 Å². The molecule has 0 amide bonds. The molecular formula is C21H18N4O3S. The van der Waals surface area contributed by atoms with Gasteiger partial charge >= 0.3 is 0 Å². The number of ketones is 1. The lowest BCUT2D eigenvalue weighted by molar-refractivity contribution is 0.104. The molecule has 146 valence electrons. The Balaban J connectivity index is 1.75. The number of nitrogens with zero attached hydrogens (tertiary/aromatic N) is 4. The summed E-state index contributed by atoms with van der Waals surface area (Å²) in [5.74, 6) is -0.143. The number of rotatable bonds is 5. The summed E-state index contributed by atoms with van der Waals surface area (Å²) in [6.07, 6.45) is 4.31. The van der Waals surface area contributed by atoms with E-state index < -0.39 is 10.0 Å². The SMILES string of the molecule is CN(c1ccc(-c2ccnc3c(C(=O)c4ccccc4)cnn23)cc1)S(C)(=O)=O.